The number of anilines is 1. The Morgan fingerprint density at radius 3 is 2.69 bits per heavy atom. The maximum atomic E-state index is 13.3. The molecule has 1 aromatic heterocycles. The van der Waals surface area contributed by atoms with Gasteiger partial charge < -0.3 is 25.0 Å². The minimum atomic E-state index is -0.286. The number of aliphatic hydroxyl groups excluding tert-OH is 1. The summed E-state index contributed by atoms with van der Waals surface area (Å²) in [5, 5.41) is 12.7. The van der Waals surface area contributed by atoms with Crippen molar-refractivity contribution in [1.29, 1.82) is 0 Å². The van der Waals surface area contributed by atoms with Crippen molar-refractivity contribution in [1.82, 2.24) is 14.8 Å². The fourth-order valence-corrected chi connectivity index (χ4v) is 4.55. The van der Waals surface area contributed by atoms with E-state index in [4.69, 9.17) is 4.74 Å². The third-order valence-corrected chi connectivity index (χ3v) is 6.88. The number of hydrogen-bond donors (Lipinski definition) is 2. The van der Waals surface area contributed by atoms with Crippen LogP contribution in [-0.2, 0) is 11.2 Å². The van der Waals surface area contributed by atoms with Crippen molar-refractivity contribution >= 4 is 17.5 Å². The van der Waals surface area contributed by atoms with Crippen LogP contribution in [0.25, 0.3) is 0 Å². The van der Waals surface area contributed by atoms with Crippen LogP contribution in [0.4, 0.5) is 5.69 Å². The summed E-state index contributed by atoms with van der Waals surface area (Å²) in [6.45, 7) is 6.20. The molecular formula is C27H36N4O4. The van der Waals surface area contributed by atoms with Gasteiger partial charge in [-0.3, -0.25) is 14.6 Å². The van der Waals surface area contributed by atoms with Crippen LogP contribution in [0.1, 0.15) is 42.6 Å². The molecule has 4 rings (SSSR count). The first kappa shape index (κ1) is 25.1. The Balaban J connectivity index is 1.60. The van der Waals surface area contributed by atoms with Crippen LogP contribution in [0.5, 0.6) is 5.75 Å². The van der Waals surface area contributed by atoms with Gasteiger partial charge in [0.15, 0.2) is 0 Å². The highest BCUT2D eigenvalue weighted by molar-refractivity contribution is 6.04. The number of pyridine rings is 1. The van der Waals surface area contributed by atoms with Crippen molar-refractivity contribution in [2.45, 2.75) is 45.3 Å². The number of ether oxygens (including phenoxy) is 1. The summed E-state index contributed by atoms with van der Waals surface area (Å²) in [6, 6.07) is 8.48. The van der Waals surface area contributed by atoms with E-state index in [2.05, 4.69) is 29.2 Å². The molecule has 0 spiro atoms. The summed E-state index contributed by atoms with van der Waals surface area (Å²) in [7, 11) is 2.12. The second-order valence-electron chi connectivity index (χ2n) is 10.1. The maximum absolute atomic E-state index is 13.3. The third kappa shape index (κ3) is 6.58. The van der Waals surface area contributed by atoms with Gasteiger partial charge in [0.2, 0.25) is 5.91 Å². The van der Waals surface area contributed by atoms with Crippen LogP contribution in [0, 0.1) is 11.8 Å². The van der Waals surface area contributed by atoms with Gasteiger partial charge in [0.25, 0.3) is 5.91 Å². The summed E-state index contributed by atoms with van der Waals surface area (Å²) >= 11 is 0. The molecule has 1 aromatic carbocycles. The topological polar surface area (TPSA) is 95.0 Å². The van der Waals surface area contributed by atoms with Gasteiger partial charge in [-0.1, -0.05) is 6.92 Å². The number of hydrogen-bond acceptors (Lipinski definition) is 6. The van der Waals surface area contributed by atoms with Crippen molar-refractivity contribution in [3.8, 4) is 5.75 Å². The number of aromatic nitrogens is 1. The Bertz CT molecular complexity index is 1030. The second-order valence-corrected chi connectivity index (χ2v) is 10.1. The van der Waals surface area contributed by atoms with Crippen LogP contribution in [0.15, 0.2) is 42.7 Å². The molecule has 0 bridgehead atoms. The van der Waals surface area contributed by atoms with E-state index >= 15 is 0 Å². The number of benzene rings is 1. The number of likely N-dealkylation sites (N-methyl/N-ethyl adjacent to an activating group) is 1. The van der Waals surface area contributed by atoms with E-state index in [-0.39, 0.29) is 42.9 Å². The van der Waals surface area contributed by atoms with Crippen molar-refractivity contribution in [2.75, 3.05) is 38.6 Å². The predicted molar refractivity (Wildman–Crippen MR) is 134 cm³/mol. The largest absolute Gasteiger partial charge is 0.488 e. The molecule has 8 nitrogen and oxygen atoms in total. The molecule has 0 saturated heterocycles. The summed E-state index contributed by atoms with van der Waals surface area (Å²) in [6.07, 6.45) is 5.75. The fraction of sp³-hybridized carbons (Fsp3) is 0.519. The number of aliphatic hydroxyl groups is 1. The molecule has 0 unspecified atom stereocenters. The minimum absolute atomic E-state index is 0.0622. The van der Waals surface area contributed by atoms with Gasteiger partial charge >= 0.3 is 0 Å². The molecule has 35 heavy (non-hydrogen) atoms. The Morgan fingerprint density at radius 1 is 1.26 bits per heavy atom. The summed E-state index contributed by atoms with van der Waals surface area (Å²) < 4.78 is 6.55. The number of nitrogens with one attached hydrogen (secondary N) is 1. The van der Waals surface area contributed by atoms with Crippen molar-refractivity contribution in [3.05, 3.63) is 53.9 Å². The van der Waals surface area contributed by atoms with Gasteiger partial charge in [-0.15, -0.1) is 0 Å². The van der Waals surface area contributed by atoms with Crippen molar-refractivity contribution < 1.29 is 19.4 Å². The molecule has 1 saturated carbocycles. The van der Waals surface area contributed by atoms with Crippen LogP contribution in [0.2, 0.25) is 0 Å². The second kappa shape index (κ2) is 11.2. The van der Waals surface area contributed by atoms with Crippen LogP contribution in [-0.4, -0.2) is 77.1 Å². The van der Waals surface area contributed by atoms with Crippen LogP contribution < -0.4 is 10.1 Å². The summed E-state index contributed by atoms with van der Waals surface area (Å²) in [4.78, 5) is 34.0. The van der Waals surface area contributed by atoms with Gasteiger partial charge in [-0.05, 0) is 63.1 Å². The number of carbonyl (C=O) groups excluding carboxylic acids is 2. The average Bonchev–Trinajstić information content (AvgIpc) is 3.66. The fourth-order valence-electron chi connectivity index (χ4n) is 4.55. The highest BCUT2D eigenvalue weighted by Gasteiger charge is 2.32. The number of amides is 2. The molecule has 1 fully saturated rings. The van der Waals surface area contributed by atoms with Gasteiger partial charge in [0, 0.05) is 54.8 Å². The van der Waals surface area contributed by atoms with Gasteiger partial charge in [-0.25, -0.2) is 0 Å². The van der Waals surface area contributed by atoms with E-state index in [0.29, 0.717) is 23.5 Å². The number of fused-ring (bicyclic) bond motifs is 1. The van der Waals surface area contributed by atoms with Gasteiger partial charge in [0.1, 0.15) is 11.9 Å². The number of nitrogens with zero attached hydrogens (tertiary/aromatic N) is 3. The molecule has 2 aliphatic rings. The lowest BCUT2D eigenvalue weighted by Crippen LogP contribution is -2.47. The van der Waals surface area contributed by atoms with E-state index in [1.54, 1.807) is 29.4 Å². The summed E-state index contributed by atoms with van der Waals surface area (Å²) in [5.41, 5.74) is 1.83. The quantitative estimate of drug-likeness (QED) is 0.603. The smallest absolute Gasteiger partial charge is 0.255 e. The molecule has 1 aliphatic carbocycles. The van der Waals surface area contributed by atoms with Crippen molar-refractivity contribution in [3.63, 3.8) is 0 Å². The first-order chi connectivity index (χ1) is 16.8. The monoisotopic (exact) mass is 480 g/mol. The lowest BCUT2D eigenvalue weighted by molar-refractivity contribution is -0.134. The Hall–Kier alpha value is -2.97. The summed E-state index contributed by atoms with van der Waals surface area (Å²) in [5.74, 6) is 1.21. The van der Waals surface area contributed by atoms with E-state index < -0.39 is 0 Å². The molecule has 2 amide bonds. The molecule has 8 heteroatoms. The third-order valence-electron chi connectivity index (χ3n) is 6.88. The highest BCUT2D eigenvalue weighted by Crippen LogP contribution is 2.31. The molecule has 188 valence electrons. The zero-order valence-electron chi connectivity index (χ0n) is 20.8. The SMILES string of the molecule is C[C@H](CO)N1C[C@H](C)[C@H](CN(C)CC2CC2)Oc2ccc(NC(=O)c3ccncc3)cc2CC1=O. The average molecular weight is 481 g/mol. The highest BCUT2D eigenvalue weighted by atomic mass is 16.5. The van der Waals surface area contributed by atoms with E-state index in [1.807, 2.05) is 25.1 Å². The van der Waals surface area contributed by atoms with Gasteiger partial charge in [-0.2, -0.15) is 0 Å². The Labute approximate surface area is 207 Å². The standard InChI is InChI=1S/C27H36N4O4/c1-18-14-31(19(2)17-32)26(33)13-22-12-23(29-27(34)21-8-10-28-11-9-21)6-7-24(22)35-25(18)16-30(3)15-20-4-5-20/h6-12,18-20,25,32H,4-5,13-17H2,1-3H3,(H,29,34)/t18-,19+,25-/m0/s1. The first-order valence-electron chi connectivity index (χ1n) is 12.4. The van der Waals surface area contributed by atoms with Crippen LogP contribution in [0.3, 0.4) is 0 Å². The molecule has 1 aliphatic heterocycles. The molecular weight excluding hydrogens is 444 g/mol. The maximum Gasteiger partial charge on any atom is 0.255 e. The zero-order valence-corrected chi connectivity index (χ0v) is 20.8. The molecule has 2 aromatic rings. The lowest BCUT2D eigenvalue weighted by atomic mass is 10.0. The molecule has 2 heterocycles. The molecule has 3 atom stereocenters. The van der Waals surface area contributed by atoms with Crippen LogP contribution >= 0.6 is 0 Å². The predicted octanol–water partition coefficient (Wildman–Crippen LogP) is 2.82. The van der Waals surface area contributed by atoms with E-state index in [1.165, 1.54) is 12.8 Å². The Morgan fingerprint density at radius 2 is 2.00 bits per heavy atom. The van der Waals surface area contributed by atoms with Crippen molar-refractivity contribution in [2.24, 2.45) is 11.8 Å². The molecule has 0 radical (unpaired) electrons. The number of rotatable bonds is 8. The van der Waals surface area contributed by atoms with Gasteiger partial charge in [0.05, 0.1) is 19.1 Å². The minimum Gasteiger partial charge on any atom is -0.488 e. The lowest BCUT2D eigenvalue weighted by Gasteiger charge is -2.34. The number of carbonyl (C=O) groups is 2. The van der Waals surface area contributed by atoms with E-state index in [0.717, 1.165) is 24.6 Å². The Kier molecular flexibility index (Phi) is 8.03. The zero-order chi connectivity index (χ0) is 24.9. The normalized spacial score (nSPS) is 21.4. The first-order valence-corrected chi connectivity index (χ1v) is 12.4. The molecule has 2 N–H and O–H groups in total. The van der Waals surface area contributed by atoms with E-state index in [9.17, 15) is 14.7 Å².